The van der Waals surface area contributed by atoms with Gasteiger partial charge in [-0.25, -0.2) is 0 Å². The first-order valence-corrected chi connectivity index (χ1v) is 6.48. The third-order valence-electron chi connectivity index (χ3n) is 3.59. The molecule has 0 spiro atoms. The van der Waals surface area contributed by atoms with Gasteiger partial charge in [-0.05, 0) is 44.4 Å². The summed E-state index contributed by atoms with van der Waals surface area (Å²) < 4.78 is 10.8. The molecule has 2 atom stereocenters. The average molecular weight is 226 g/mol. The van der Waals surface area contributed by atoms with Gasteiger partial charge in [-0.15, -0.1) is 0 Å². The molecule has 0 aromatic heterocycles. The minimum absolute atomic E-state index is 0.121. The second-order valence-corrected chi connectivity index (χ2v) is 4.99. The fraction of sp³-hybridized carbons (Fsp3) is 0.923. The Hall–Kier alpha value is -0.410. The summed E-state index contributed by atoms with van der Waals surface area (Å²) in [5, 5.41) is 0. The summed E-state index contributed by atoms with van der Waals surface area (Å²) in [4.78, 5) is 11.9. The minimum Gasteiger partial charge on any atom is -0.378 e. The van der Waals surface area contributed by atoms with Gasteiger partial charge in [0.15, 0.2) is 5.78 Å². The molecular weight excluding hydrogens is 204 g/mol. The van der Waals surface area contributed by atoms with Gasteiger partial charge in [0.1, 0.15) is 6.10 Å². The summed E-state index contributed by atoms with van der Waals surface area (Å²) in [7, 11) is 1.65. The highest BCUT2D eigenvalue weighted by Crippen LogP contribution is 2.35. The molecule has 3 nitrogen and oxygen atoms in total. The highest BCUT2D eigenvalue weighted by Gasteiger charge is 2.35. The Balaban J connectivity index is 1.62. The molecule has 1 saturated carbocycles. The monoisotopic (exact) mass is 226 g/mol. The second kappa shape index (κ2) is 5.78. The van der Waals surface area contributed by atoms with Gasteiger partial charge in [-0.3, -0.25) is 4.79 Å². The zero-order chi connectivity index (χ0) is 11.4. The number of ether oxygens (including phenoxy) is 2. The number of rotatable bonds is 7. The van der Waals surface area contributed by atoms with Crippen LogP contribution in [0.2, 0.25) is 0 Å². The lowest BCUT2D eigenvalue weighted by atomic mass is 10.0. The molecule has 2 aliphatic rings. The number of carbonyl (C=O) groups excluding carboxylic acids is 1. The molecular formula is C13H22O3. The van der Waals surface area contributed by atoms with E-state index < -0.39 is 0 Å². The molecule has 16 heavy (non-hydrogen) atoms. The van der Waals surface area contributed by atoms with Crippen LogP contribution in [0.25, 0.3) is 0 Å². The SMILES string of the molecule is COC(C(=O)CCCC1CCCO1)C1CC1. The fourth-order valence-electron chi connectivity index (χ4n) is 2.50. The number of carbonyl (C=O) groups is 1. The molecule has 2 rings (SSSR count). The van der Waals surface area contributed by atoms with Crippen LogP contribution in [0.5, 0.6) is 0 Å². The van der Waals surface area contributed by atoms with Gasteiger partial charge >= 0.3 is 0 Å². The normalized spacial score (nSPS) is 26.9. The third-order valence-corrected chi connectivity index (χ3v) is 3.59. The van der Waals surface area contributed by atoms with E-state index >= 15 is 0 Å². The van der Waals surface area contributed by atoms with Gasteiger partial charge in [0.25, 0.3) is 0 Å². The molecule has 0 amide bonds. The van der Waals surface area contributed by atoms with Crippen molar-refractivity contribution < 1.29 is 14.3 Å². The van der Waals surface area contributed by atoms with Crippen molar-refractivity contribution in [3.63, 3.8) is 0 Å². The van der Waals surface area contributed by atoms with Crippen molar-refractivity contribution in [2.75, 3.05) is 13.7 Å². The van der Waals surface area contributed by atoms with E-state index in [1.54, 1.807) is 7.11 Å². The molecule has 2 unspecified atom stereocenters. The van der Waals surface area contributed by atoms with Crippen molar-refractivity contribution in [2.45, 2.75) is 57.2 Å². The maximum Gasteiger partial charge on any atom is 0.161 e. The molecule has 1 saturated heterocycles. The fourth-order valence-corrected chi connectivity index (χ4v) is 2.50. The molecule has 2 fully saturated rings. The molecule has 0 bridgehead atoms. The Morgan fingerprint density at radius 2 is 2.25 bits per heavy atom. The van der Waals surface area contributed by atoms with E-state index in [1.807, 2.05) is 0 Å². The first kappa shape index (κ1) is 12.1. The Morgan fingerprint density at radius 3 is 2.81 bits per heavy atom. The molecule has 0 aromatic carbocycles. The summed E-state index contributed by atoms with van der Waals surface area (Å²) in [5.74, 6) is 0.809. The van der Waals surface area contributed by atoms with Crippen LogP contribution in [0.15, 0.2) is 0 Å². The third kappa shape index (κ3) is 3.29. The Morgan fingerprint density at radius 1 is 1.44 bits per heavy atom. The van der Waals surface area contributed by atoms with Crippen LogP contribution >= 0.6 is 0 Å². The van der Waals surface area contributed by atoms with Crippen LogP contribution < -0.4 is 0 Å². The number of ketones is 1. The number of Topliss-reactive ketones (excluding diaryl/α,β-unsaturated/α-hetero) is 1. The van der Waals surface area contributed by atoms with Crippen molar-refractivity contribution >= 4 is 5.78 Å². The van der Waals surface area contributed by atoms with Crippen LogP contribution in [-0.2, 0) is 14.3 Å². The van der Waals surface area contributed by atoms with Gasteiger partial charge in [0, 0.05) is 20.1 Å². The summed E-state index contributed by atoms with van der Waals surface area (Å²) in [6.07, 6.45) is 7.62. The Bertz CT molecular complexity index is 229. The van der Waals surface area contributed by atoms with E-state index in [0.29, 0.717) is 24.2 Å². The van der Waals surface area contributed by atoms with Gasteiger partial charge in [0.2, 0.25) is 0 Å². The molecule has 1 heterocycles. The maximum absolute atomic E-state index is 11.9. The Kier molecular flexibility index (Phi) is 4.36. The lowest BCUT2D eigenvalue weighted by Gasteiger charge is -2.13. The standard InChI is InChI=1S/C13H22O3/c1-15-13(10-7-8-10)12(14)6-2-4-11-5-3-9-16-11/h10-11,13H,2-9H2,1H3. The number of hydrogen-bond donors (Lipinski definition) is 0. The van der Waals surface area contributed by atoms with E-state index in [9.17, 15) is 4.79 Å². The van der Waals surface area contributed by atoms with Crippen molar-refractivity contribution in [3.05, 3.63) is 0 Å². The van der Waals surface area contributed by atoms with E-state index in [0.717, 1.165) is 32.3 Å². The second-order valence-electron chi connectivity index (χ2n) is 4.99. The van der Waals surface area contributed by atoms with Crippen LogP contribution in [0.3, 0.4) is 0 Å². The molecule has 1 aliphatic heterocycles. The zero-order valence-corrected chi connectivity index (χ0v) is 10.1. The first-order chi connectivity index (χ1) is 7.81. The quantitative estimate of drug-likeness (QED) is 0.668. The van der Waals surface area contributed by atoms with Crippen LogP contribution in [-0.4, -0.2) is 31.7 Å². The molecule has 1 aliphatic carbocycles. The van der Waals surface area contributed by atoms with Gasteiger partial charge in [-0.2, -0.15) is 0 Å². The highest BCUT2D eigenvalue weighted by atomic mass is 16.5. The largest absolute Gasteiger partial charge is 0.378 e. The summed E-state index contributed by atoms with van der Waals surface area (Å²) in [5.41, 5.74) is 0. The predicted octanol–water partition coefficient (Wildman–Crippen LogP) is 2.33. The van der Waals surface area contributed by atoms with Crippen LogP contribution in [0.1, 0.15) is 44.9 Å². The number of methoxy groups -OCH3 is 1. The van der Waals surface area contributed by atoms with Crippen molar-refractivity contribution in [1.82, 2.24) is 0 Å². The first-order valence-electron chi connectivity index (χ1n) is 6.48. The van der Waals surface area contributed by atoms with Gasteiger partial charge in [-0.1, -0.05) is 0 Å². The molecule has 0 radical (unpaired) electrons. The molecule has 0 N–H and O–H groups in total. The van der Waals surface area contributed by atoms with E-state index in [1.165, 1.54) is 12.8 Å². The zero-order valence-electron chi connectivity index (χ0n) is 10.1. The Labute approximate surface area is 97.5 Å². The lowest BCUT2D eigenvalue weighted by Crippen LogP contribution is -2.25. The van der Waals surface area contributed by atoms with Crippen LogP contribution in [0.4, 0.5) is 0 Å². The van der Waals surface area contributed by atoms with E-state index in [4.69, 9.17) is 9.47 Å². The van der Waals surface area contributed by atoms with Crippen molar-refractivity contribution in [3.8, 4) is 0 Å². The summed E-state index contributed by atoms with van der Waals surface area (Å²) >= 11 is 0. The molecule has 0 aromatic rings. The predicted molar refractivity (Wildman–Crippen MR) is 61.4 cm³/mol. The average Bonchev–Trinajstić information content (AvgIpc) is 2.96. The number of hydrogen-bond acceptors (Lipinski definition) is 3. The van der Waals surface area contributed by atoms with Crippen LogP contribution in [0, 0.1) is 5.92 Å². The van der Waals surface area contributed by atoms with Gasteiger partial charge in [0.05, 0.1) is 6.10 Å². The molecule has 3 heteroatoms. The summed E-state index contributed by atoms with van der Waals surface area (Å²) in [6.45, 7) is 0.904. The van der Waals surface area contributed by atoms with Crippen molar-refractivity contribution in [2.24, 2.45) is 5.92 Å². The molecule has 92 valence electrons. The maximum atomic E-state index is 11.9. The topological polar surface area (TPSA) is 35.5 Å². The van der Waals surface area contributed by atoms with E-state index in [-0.39, 0.29) is 6.10 Å². The highest BCUT2D eigenvalue weighted by molar-refractivity contribution is 5.83. The smallest absolute Gasteiger partial charge is 0.161 e. The minimum atomic E-state index is -0.121. The summed E-state index contributed by atoms with van der Waals surface area (Å²) in [6, 6.07) is 0. The van der Waals surface area contributed by atoms with Gasteiger partial charge < -0.3 is 9.47 Å². The van der Waals surface area contributed by atoms with E-state index in [2.05, 4.69) is 0 Å². The lowest BCUT2D eigenvalue weighted by molar-refractivity contribution is -0.130. The van der Waals surface area contributed by atoms with Crippen molar-refractivity contribution in [1.29, 1.82) is 0 Å².